The maximum absolute atomic E-state index is 12.4. The Kier molecular flexibility index (Phi) is 4.50. The molecule has 0 unspecified atom stereocenters. The molecule has 1 aliphatic heterocycles. The summed E-state index contributed by atoms with van der Waals surface area (Å²) in [5.41, 5.74) is 1.11. The minimum atomic E-state index is -4.18. The lowest BCUT2D eigenvalue weighted by molar-refractivity contribution is -0.127. The summed E-state index contributed by atoms with van der Waals surface area (Å²) in [6.45, 7) is 3.39. The van der Waals surface area contributed by atoms with Crippen LogP contribution in [0.15, 0.2) is 24.3 Å². The predicted octanol–water partition coefficient (Wildman–Crippen LogP) is 2.44. The summed E-state index contributed by atoms with van der Waals surface area (Å²) in [6, 6.07) is 8.71. The second-order valence-corrected chi connectivity index (χ2v) is 4.88. The topological polar surface area (TPSA) is 30.3 Å². The van der Waals surface area contributed by atoms with Crippen LogP contribution in [0.25, 0.3) is 0 Å². The van der Waals surface area contributed by atoms with Gasteiger partial charge < -0.3 is 4.90 Å². The van der Waals surface area contributed by atoms with Crippen molar-refractivity contribution < 1.29 is 13.2 Å². The predicted molar refractivity (Wildman–Crippen MR) is 70.5 cm³/mol. The molecule has 0 N–H and O–H groups in total. The zero-order chi connectivity index (χ0) is 14.6. The van der Waals surface area contributed by atoms with Crippen molar-refractivity contribution in [2.75, 3.05) is 37.6 Å². The van der Waals surface area contributed by atoms with Gasteiger partial charge in [0.15, 0.2) is 0 Å². The van der Waals surface area contributed by atoms with Crippen LogP contribution in [-0.2, 0) is 6.42 Å². The Morgan fingerprint density at radius 1 is 1.15 bits per heavy atom. The summed E-state index contributed by atoms with van der Waals surface area (Å²) in [5, 5.41) is 8.63. The molecule has 20 heavy (non-hydrogen) atoms. The van der Waals surface area contributed by atoms with Crippen LogP contribution in [0.4, 0.5) is 18.9 Å². The highest BCUT2D eigenvalue weighted by Gasteiger charge is 2.28. The standard InChI is InChI=1S/C14H16F3N3/c15-14(16,17)11-12-2-1-3-13(10-12)20-8-6-19(5-4-18)7-9-20/h1-3,10H,5-9,11H2. The van der Waals surface area contributed by atoms with Gasteiger partial charge in [-0.2, -0.15) is 18.4 Å². The highest BCUT2D eigenvalue weighted by molar-refractivity contribution is 5.49. The average molecular weight is 283 g/mol. The number of piperazine rings is 1. The van der Waals surface area contributed by atoms with Crippen molar-refractivity contribution in [2.24, 2.45) is 0 Å². The maximum Gasteiger partial charge on any atom is 0.393 e. The van der Waals surface area contributed by atoms with Gasteiger partial charge in [0.25, 0.3) is 0 Å². The molecular weight excluding hydrogens is 267 g/mol. The van der Waals surface area contributed by atoms with Gasteiger partial charge in [0.05, 0.1) is 19.0 Å². The molecule has 108 valence electrons. The van der Waals surface area contributed by atoms with Crippen molar-refractivity contribution in [1.82, 2.24) is 4.90 Å². The molecule has 1 saturated heterocycles. The van der Waals surface area contributed by atoms with Gasteiger partial charge in [0, 0.05) is 31.9 Å². The van der Waals surface area contributed by atoms with E-state index in [0.29, 0.717) is 6.54 Å². The largest absolute Gasteiger partial charge is 0.393 e. The molecule has 0 aliphatic carbocycles. The SMILES string of the molecule is N#CCN1CCN(c2cccc(CC(F)(F)F)c2)CC1. The van der Waals surface area contributed by atoms with E-state index < -0.39 is 12.6 Å². The van der Waals surface area contributed by atoms with E-state index in [-0.39, 0.29) is 5.56 Å². The normalized spacial score (nSPS) is 17.0. The van der Waals surface area contributed by atoms with E-state index in [1.165, 1.54) is 6.07 Å². The number of hydrogen-bond donors (Lipinski definition) is 0. The second kappa shape index (κ2) is 6.14. The number of anilines is 1. The first-order chi connectivity index (χ1) is 9.48. The number of benzene rings is 1. The molecule has 1 heterocycles. The van der Waals surface area contributed by atoms with E-state index >= 15 is 0 Å². The lowest BCUT2D eigenvalue weighted by Gasteiger charge is -2.35. The van der Waals surface area contributed by atoms with Gasteiger partial charge in [-0.25, -0.2) is 0 Å². The number of hydrogen-bond acceptors (Lipinski definition) is 3. The van der Waals surface area contributed by atoms with Crippen molar-refractivity contribution >= 4 is 5.69 Å². The highest BCUT2D eigenvalue weighted by atomic mass is 19.4. The number of nitrogens with zero attached hydrogens (tertiary/aromatic N) is 3. The molecular formula is C14H16F3N3. The van der Waals surface area contributed by atoms with Crippen LogP contribution in [0.5, 0.6) is 0 Å². The van der Waals surface area contributed by atoms with Crippen LogP contribution >= 0.6 is 0 Å². The Morgan fingerprint density at radius 2 is 1.85 bits per heavy atom. The summed E-state index contributed by atoms with van der Waals surface area (Å²) < 4.78 is 37.2. The quantitative estimate of drug-likeness (QED) is 0.798. The van der Waals surface area contributed by atoms with Crippen molar-refractivity contribution in [3.63, 3.8) is 0 Å². The third-order valence-electron chi connectivity index (χ3n) is 3.35. The fraction of sp³-hybridized carbons (Fsp3) is 0.500. The molecule has 1 aliphatic rings. The molecule has 1 aromatic carbocycles. The molecule has 0 amide bonds. The average Bonchev–Trinajstić information content (AvgIpc) is 2.38. The third kappa shape index (κ3) is 4.14. The van der Waals surface area contributed by atoms with Crippen LogP contribution < -0.4 is 4.90 Å². The molecule has 1 fully saturated rings. The zero-order valence-corrected chi connectivity index (χ0v) is 11.0. The van der Waals surface area contributed by atoms with Crippen LogP contribution in [-0.4, -0.2) is 43.8 Å². The summed E-state index contributed by atoms with van der Waals surface area (Å²) >= 11 is 0. The van der Waals surface area contributed by atoms with Crippen LogP contribution in [0.1, 0.15) is 5.56 Å². The molecule has 2 rings (SSSR count). The first-order valence-corrected chi connectivity index (χ1v) is 6.48. The minimum Gasteiger partial charge on any atom is -0.369 e. The summed E-state index contributed by atoms with van der Waals surface area (Å²) in [4.78, 5) is 4.10. The fourth-order valence-corrected chi connectivity index (χ4v) is 2.36. The summed E-state index contributed by atoms with van der Waals surface area (Å²) in [7, 11) is 0. The van der Waals surface area contributed by atoms with Crippen molar-refractivity contribution in [3.05, 3.63) is 29.8 Å². The highest BCUT2D eigenvalue weighted by Crippen LogP contribution is 2.24. The Hall–Kier alpha value is -1.74. The molecule has 0 aromatic heterocycles. The lowest BCUT2D eigenvalue weighted by atomic mass is 10.1. The van der Waals surface area contributed by atoms with Crippen LogP contribution in [0.2, 0.25) is 0 Å². The first-order valence-electron chi connectivity index (χ1n) is 6.48. The summed E-state index contributed by atoms with van der Waals surface area (Å²) in [6.07, 6.45) is -5.07. The lowest BCUT2D eigenvalue weighted by Crippen LogP contribution is -2.46. The van der Waals surface area contributed by atoms with Gasteiger partial charge in [-0.05, 0) is 17.7 Å². The van der Waals surface area contributed by atoms with E-state index in [9.17, 15) is 13.2 Å². The third-order valence-corrected chi connectivity index (χ3v) is 3.35. The van der Waals surface area contributed by atoms with Gasteiger partial charge >= 0.3 is 6.18 Å². The molecule has 3 nitrogen and oxygen atoms in total. The minimum absolute atomic E-state index is 0.287. The molecule has 6 heteroatoms. The van der Waals surface area contributed by atoms with Crippen molar-refractivity contribution in [2.45, 2.75) is 12.6 Å². The summed E-state index contributed by atoms with van der Waals surface area (Å²) in [5.74, 6) is 0. The first kappa shape index (κ1) is 14.7. The Bertz CT molecular complexity index is 485. The Morgan fingerprint density at radius 3 is 2.45 bits per heavy atom. The van der Waals surface area contributed by atoms with Crippen molar-refractivity contribution in [3.8, 4) is 6.07 Å². The van der Waals surface area contributed by atoms with Gasteiger partial charge in [-0.15, -0.1) is 0 Å². The second-order valence-electron chi connectivity index (χ2n) is 4.88. The monoisotopic (exact) mass is 283 g/mol. The van der Waals surface area contributed by atoms with Gasteiger partial charge in [0.1, 0.15) is 0 Å². The molecule has 1 aromatic rings. The van der Waals surface area contributed by atoms with E-state index in [1.54, 1.807) is 12.1 Å². The molecule has 0 atom stereocenters. The van der Waals surface area contributed by atoms with Gasteiger partial charge in [-0.1, -0.05) is 12.1 Å². The maximum atomic E-state index is 12.4. The van der Waals surface area contributed by atoms with Crippen LogP contribution in [0.3, 0.4) is 0 Å². The Balaban J connectivity index is 2.00. The van der Waals surface area contributed by atoms with Crippen molar-refractivity contribution in [1.29, 1.82) is 5.26 Å². The zero-order valence-electron chi connectivity index (χ0n) is 11.0. The van der Waals surface area contributed by atoms with Gasteiger partial charge in [-0.3, -0.25) is 4.90 Å². The van der Waals surface area contributed by atoms with Crippen LogP contribution in [0, 0.1) is 11.3 Å². The molecule has 0 bridgehead atoms. The number of alkyl halides is 3. The number of halogens is 3. The fourth-order valence-electron chi connectivity index (χ4n) is 2.36. The van der Waals surface area contributed by atoms with Gasteiger partial charge in [0.2, 0.25) is 0 Å². The smallest absolute Gasteiger partial charge is 0.369 e. The molecule has 0 saturated carbocycles. The van der Waals surface area contributed by atoms with E-state index in [4.69, 9.17) is 5.26 Å². The van der Waals surface area contributed by atoms with E-state index in [2.05, 4.69) is 11.0 Å². The van der Waals surface area contributed by atoms with E-state index in [1.807, 2.05) is 11.0 Å². The molecule has 0 spiro atoms. The van der Waals surface area contributed by atoms with E-state index in [0.717, 1.165) is 31.9 Å². The number of nitriles is 1. The molecule has 0 radical (unpaired) electrons. The number of rotatable bonds is 3. The Labute approximate surface area is 116 Å².